The van der Waals surface area contributed by atoms with Gasteiger partial charge < -0.3 is 20.3 Å². The van der Waals surface area contributed by atoms with E-state index in [0.29, 0.717) is 41.7 Å². The molecule has 106 valence electrons. The summed E-state index contributed by atoms with van der Waals surface area (Å²) < 4.78 is 9.98. The fourth-order valence-electron chi connectivity index (χ4n) is 1.78. The minimum atomic E-state index is -0.292. The Bertz CT molecular complexity index is 609. The third-order valence-corrected chi connectivity index (χ3v) is 2.71. The number of aromatic nitrogens is 2. The molecule has 0 saturated heterocycles. The molecule has 0 aliphatic rings. The van der Waals surface area contributed by atoms with E-state index in [1.54, 1.807) is 25.1 Å². The number of hydrogen-bond acceptors (Lipinski definition) is 6. The third kappa shape index (κ3) is 3.05. The molecule has 0 saturated carbocycles. The monoisotopic (exact) mass is 276 g/mol. The van der Waals surface area contributed by atoms with Crippen molar-refractivity contribution in [2.75, 3.05) is 19.4 Å². The molecule has 0 bridgehead atoms. The standard InChI is InChI=1S/C13H16N4O3/c1-8-16-11(17-20-8)6-7-15-13(18)12-9(14)4-3-5-10(12)19-2/h3-5H,6-7,14H2,1-2H3,(H,15,18). The Morgan fingerprint density at radius 1 is 1.50 bits per heavy atom. The number of nitrogen functional groups attached to an aromatic ring is 1. The number of methoxy groups -OCH3 is 1. The first-order chi connectivity index (χ1) is 9.61. The van der Waals surface area contributed by atoms with Crippen LogP contribution in [0.3, 0.4) is 0 Å². The van der Waals surface area contributed by atoms with Crippen molar-refractivity contribution >= 4 is 11.6 Å². The lowest BCUT2D eigenvalue weighted by Crippen LogP contribution is -2.27. The van der Waals surface area contributed by atoms with Crippen molar-refractivity contribution in [3.05, 3.63) is 35.5 Å². The van der Waals surface area contributed by atoms with Crippen molar-refractivity contribution in [1.29, 1.82) is 0 Å². The summed E-state index contributed by atoms with van der Waals surface area (Å²) >= 11 is 0. The lowest BCUT2D eigenvalue weighted by Gasteiger charge is -2.10. The minimum Gasteiger partial charge on any atom is -0.496 e. The average Bonchev–Trinajstić information content (AvgIpc) is 2.83. The summed E-state index contributed by atoms with van der Waals surface area (Å²) in [6, 6.07) is 5.07. The third-order valence-electron chi connectivity index (χ3n) is 2.71. The fourth-order valence-corrected chi connectivity index (χ4v) is 1.78. The zero-order chi connectivity index (χ0) is 14.5. The molecule has 1 aromatic heterocycles. The van der Waals surface area contributed by atoms with E-state index < -0.39 is 0 Å². The van der Waals surface area contributed by atoms with Gasteiger partial charge in [0.05, 0.1) is 7.11 Å². The highest BCUT2D eigenvalue weighted by atomic mass is 16.5. The highest BCUT2D eigenvalue weighted by molar-refractivity contribution is 6.01. The second-order valence-corrected chi connectivity index (χ2v) is 4.16. The molecule has 7 nitrogen and oxygen atoms in total. The van der Waals surface area contributed by atoms with E-state index in [1.807, 2.05) is 0 Å². The maximum atomic E-state index is 12.1. The highest BCUT2D eigenvalue weighted by Gasteiger charge is 2.15. The van der Waals surface area contributed by atoms with E-state index in [9.17, 15) is 4.79 Å². The summed E-state index contributed by atoms with van der Waals surface area (Å²) in [7, 11) is 1.49. The van der Waals surface area contributed by atoms with Crippen LogP contribution in [-0.4, -0.2) is 29.7 Å². The maximum absolute atomic E-state index is 12.1. The quantitative estimate of drug-likeness (QED) is 0.788. The van der Waals surface area contributed by atoms with Crippen molar-refractivity contribution in [3.63, 3.8) is 0 Å². The molecule has 2 aromatic rings. The highest BCUT2D eigenvalue weighted by Crippen LogP contribution is 2.23. The Balaban J connectivity index is 1.98. The molecule has 0 aliphatic heterocycles. The van der Waals surface area contributed by atoms with Gasteiger partial charge in [0.15, 0.2) is 5.82 Å². The number of benzene rings is 1. The van der Waals surface area contributed by atoms with E-state index in [2.05, 4.69) is 15.5 Å². The summed E-state index contributed by atoms with van der Waals surface area (Å²) in [5.41, 5.74) is 6.51. The Hall–Kier alpha value is -2.57. The van der Waals surface area contributed by atoms with Crippen LogP contribution in [0, 0.1) is 6.92 Å². The normalized spacial score (nSPS) is 10.3. The van der Waals surface area contributed by atoms with Crippen molar-refractivity contribution in [2.45, 2.75) is 13.3 Å². The van der Waals surface area contributed by atoms with E-state index in [0.717, 1.165) is 0 Å². The summed E-state index contributed by atoms with van der Waals surface area (Å²) in [5.74, 6) is 1.20. The number of carbonyl (C=O) groups is 1. The predicted molar refractivity (Wildman–Crippen MR) is 72.5 cm³/mol. The molecule has 0 unspecified atom stereocenters. The van der Waals surface area contributed by atoms with Gasteiger partial charge in [-0.1, -0.05) is 11.2 Å². The van der Waals surface area contributed by atoms with Crippen molar-refractivity contribution in [2.24, 2.45) is 0 Å². The van der Waals surface area contributed by atoms with Gasteiger partial charge in [-0.2, -0.15) is 4.98 Å². The van der Waals surface area contributed by atoms with Crippen LogP contribution in [0.25, 0.3) is 0 Å². The van der Waals surface area contributed by atoms with E-state index >= 15 is 0 Å². The minimum absolute atomic E-state index is 0.292. The van der Waals surface area contributed by atoms with Gasteiger partial charge in [0.1, 0.15) is 11.3 Å². The molecule has 0 atom stereocenters. The Morgan fingerprint density at radius 2 is 2.30 bits per heavy atom. The summed E-state index contributed by atoms with van der Waals surface area (Å²) in [6.45, 7) is 2.10. The van der Waals surface area contributed by atoms with E-state index in [1.165, 1.54) is 7.11 Å². The summed E-state index contributed by atoms with van der Waals surface area (Å²) in [5, 5.41) is 6.50. The molecular formula is C13H16N4O3. The number of nitrogens with two attached hydrogens (primary N) is 1. The van der Waals surface area contributed by atoms with E-state index in [4.69, 9.17) is 15.0 Å². The molecule has 1 aromatic carbocycles. The first kappa shape index (κ1) is 13.9. The number of hydrogen-bond donors (Lipinski definition) is 2. The zero-order valence-corrected chi connectivity index (χ0v) is 11.3. The number of carbonyl (C=O) groups excluding carboxylic acids is 1. The molecule has 0 fully saturated rings. The van der Waals surface area contributed by atoms with E-state index in [-0.39, 0.29) is 5.91 Å². The van der Waals surface area contributed by atoms with Gasteiger partial charge >= 0.3 is 0 Å². The van der Waals surface area contributed by atoms with Crippen LogP contribution in [0.1, 0.15) is 22.1 Å². The molecule has 2 rings (SSSR count). The van der Waals surface area contributed by atoms with Gasteiger partial charge in [-0.05, 0) is 12.1 Å². The molecule has 0 spiro atoms. The lowest BCUT2D eigenvalue weighted by molar-refractivity contribution is 0.0952. The number of aryl methyl sites for hydroxylation is 1. The Kier molecular flexibility index (Phi) is 4.19. The summed E-state index contributed by atoms with van der Waals surface area (Å²) in [6.07, 6.45) is 0.484. The van der Waals surface area contributed by atoms with Crippen LogP contribution < -0.4 is 15.8 Å². The van der Waals surface area contributed by atoms with Crippen LogP contribution >= 0.6 is 0 Å². The molecular weight excluding hydrogens is 260 g/mol. The lowest BCUT2D eigenvalue weighted by atomic mass is 10.1. The van der Waals surface area contributed by atoms with Gasteiger partial charge in [-0.15, -0.1) is 0 Å². The fraction of sp³-hybridized carbons (Fsp3) is 0.308. The second kappa shape index (κ2) is 6.05. The average molecular weight is 276 g/mol. The first-order valence-electron chi connectivity index (χ1n) is 6.11. The molecule has 0 aliphatic carbocycles. The zero-order valence-electron chi connectivity index (χ0n) is 11.3. The van der Waals surface area contributed by atoms with Crippen LogP contribution in [0.5, 0.6) is 5.75 Å². The number of nitrogens with one attached hydrogen (secondary N) is 1. The van der Waals surface area contributed by atoms with Gasteiger partial charge in [-0.25, -0.2) is 0 Å². The number of rotatable bonds is 5. The molecule has 20 heavy (non-hydrogen) atoms. The number of nitrogens with zero attached hydrogens (tertiary/aromatic N) is 2. The van der Waals surface area contributed by atoms with Crippen LogP contribution in [0.4, 0.5) is 5.69 Å². The first-order valence-corrected chi connectivity index (χ1v) is 6.11. The molecule has 3 N–H and O–H groups in total. The van der Waals surface area contributed by atoms with Crippen molar-refractivity contribution in [1.82, 2.24) is 15.5 Å². The molecule has 7 heteroatoms. The Morgan fingerprint density at radius 3 is 2.95 bits per heavy atom. The van der Waals surface area contributed by atoms with Gasteiger partial charge in [0.2, 0.25) is 5.89 Å². The van der Waals surface area contributed by atoms with Gasteiger partial charge in [-0.3, -0.25) is 4.79 Å². The van der Waals surface area contributed by atoms with Crippen LogP contribution in [0.2, 0.25) is 0 Å². The van der Waals surface area contributed by atoms with Crippen LogP contribution in [-0.2, 0) is 6.42 Å². The van der Waals surface area contributed by atoms with Crippen molar-refractivity contribution < 1.29 is 14.1 Å². The topological polar surface area (TPSA) is 103 Å². The van der Waals surface area contributed by atoms with Gasteiger partial charge in [0, 0.05) is 25.6 Å². The summed E-state index contributed by atoms with van der Waals surface area (Å²) in [4.78, 5) is 16.2. The smallest absolute Gasteiger partial charge is 0.257 e. The molecule has 0 radical (unpaired) electrons. The van der Waals surface area contributed by atoms with Crippen molar-refractivity contribution in [3.8, 4) is 5.75 Å². The Labute approximate surface area is 116 Å². The largest absolute Gasteiger partial charge is 0.496 e. The second-order valence-electron chi connectivity index (χ2n) is 4.16. The maximum Gasteiger partial charge on any atom is 0.257 e. The number of ether oxygens (including phenoxy) is 1. The number of amides is 1. The molecule has 1 amide bonds. The predicted octanol–water partition coefficient (Wildman–Crippen LogP) is 0.941. The number of anilines is 1. The molecule has 1 heterocycles. The SMILES string of the molecule is COc1cccc(N)c1C(=O)NCCc1noc(C)n1. The van der Waals surface area contributed by atoms with Crippen LogP contribution in [0.15, 0.2) is 22.7 Å². The van der Waals surface area contributed by atoms with Gasteiger partial charge in [0.25, 0.3) is 5.91 Å².